The lowest BCUT2D eigenvalue weighted by Gasteiger charge is -2.31. The van der Waals surface area contributed by atoms with Crippen molar-refractivity contribution in [2.75, 3.05) is 26.2 Å². The summed E-state index contributed by atoms with van der Waals surface area (Å²) in [5.74, 6) is -0.491. The van der Waals surface area contributed by atoms with E-state index in [1.807, 2.05) is 0 Å². The SMILES string of the molecule is O=C(NC1CCCC1)C1CCCN(S(=O)(=O)c2c[nH]c(C(=O)N3CCCCCC3)c2)C1. The van der Waals surface area contributed by atoms with Crippen LogP contribution >= 0.6 is 0 Å². The molecule has 8 nitrogen and oxygen atoms in total. The summed E-state index contributed by atoms with van der Waals surface area (Å²) in [6.45, 7) is 2.02. The Hall–Kier alpha value is -1.87. The van der Waals surface area contributed by atoms with Crippen molar-refractivity contribution < 1.29 is 18.0 Å². The largest absolute Gasteiger partial charge is 0.356 e. The van der Waals surface area contributed by atoms with Crippen LogP contribution in [0.2, 0.25) is 0 Å². The van der Waals surface area contributed by atoms with Gasteiger partial charge >= 0.3 is 0 Å². The maximum Gasteiger partial charge on any atom is 0.270 e. The van der Waals surface area contributed by atoms with E-state index in [4.69, 9.17) is 0 Å². The number of rotatable bonds is 5. The number of hydrogen-bond acceptors (Lipinski definition) is 4. The van der Waals surface area contributed by atoms with Gasteiger partial charge in [0.2, 0.25) is 15.9 Å². The van der Waals surface area contributed by atoms with Crippen molar-refractivity contribution in [3.8, 4) is 0 Å². The van der Waals surface area contributed by atoms with E-state index in [0.717, 1.165) is 51.4 Å². The first-order valence-electron chi connectivity index (χ1n) is 11.7. The molecule has 1 saturated carbocycles. The molecule has 3 fully saturated rings. The fourth-order valence-electron chi connectivity index (χ4n) is 5.00. The normalized spacial score (nSPS) is 24.1. The highest BCUT2D eigenvalue weighted by Gasteiger charge is 2.35. The highest BCUT2D eigenvalue weighted by Crippen LogP contribution is 2.26. The summed E-state index contributed by atoms with van der Waals surface area (Å²) < 4.78 is 27.8. The monoisotopic (exact) mass is 450 g/mol. The number of amides is 2. The zero-order valence-corrected chi connectivity index (χ0v) is 19.0. The highest BCUT2D eigenvalue weighted by molar-refractivity contribution is 7.89. The summed E-state index contributed by atoms with van der Waals surface area (Å²) in [6.07, 6.45) is 11.3. The summed E-state index contributed by atoms with van der Waals surface area (Å²) in [4.78, 5) is 30.3. The van der Waals surface area contributed by atoms with Crippen LogP contribution in [0.15, 0.2) is 17.2 Å². The van der Waals surface area contributed by atoms with Crippen molar-refractivity contribution in [1.29, 1.82) is 0 Å². The highest BCUT2D eigenvalue weighted by atomic mass is 32.2. The molecule has 9 heteroatoms. The van der Waals surface area contributed by atoms with Gasteiger partial charge < -0.3 is 15.2 Å². The molecule has 3 aliphatic rings. The van der Waals surface area contributed by atoms with Gasteiger partial charge in [0, 0.05) is 38.4 Å². The second kappa shape index (κ2) is 9.73. The van der Waals surface area contributed by atoms with Crippen LogP contribution in [0.1, 0.15) is 74.7 Å². The van der Waals surface area contributed by atoms with Gasteiger partial charge in [-0.3, -0.25) is 9.59 Å². The van der Waals surface area contributed by atoms with Crippen LogP contribution in [0.4, 0.5) is 0 Å². The zero-order chi connectivity index (χ0) is 21.8. The summed E-state index contributed by atoms with van der Waals surface area (Å²) in [5, 5.41) is 3.10. The van der Waals surface area contributed by atoms with Crippen LogP contribution in [0.3, 0.4) is 0 Å². The van der Waals surface area contributed by atoms with Crippen molar-refractivity contribution >= 4 is 21.8 Å². The topological polar surface area (TPSA) is 103 Å². The zero-order valence-electron chi connectivity index (χ0n) is 18.1. The smallest absolute Gasteiger partial charge is 0.270 e. The quantitative estimate of drug-likeness (QED) is 0.719. The standard InChI is InChI=1S/C22H34N4O4S/c27-21(24-18-9-3-4-10-18)17-8-7-13-26(16-17)31(29,30)19-14-20(23-15-19)22(28)25-11-5-1-2-6-12-25/h14-15,17-18,23H,1-13,16H2,(H,24,27). The fourth-order valence-corrected chi connectivity index (χ4v) is 6.52. The molecule has 1 aromatic rings. The average Bonchev–Trinajstić information content (AvgIpc) is 3.40. The number of nitrogens with one attached hydrogen (secondary N) is 2. The number of aromatic amines is 1. The molecular weight excluding hydrogens is 416 g/mol. The van der Waals surface area contributed by atoms with E-state index in [0.29, 0.717) is 38.2 Å². The second-order valence-electron chi connectivity index (χ2n) is 9.15. The van der Waals surface area contributed by atoms with Gasteiger partial charge in [-0.2, -0.15) is 4.31 Å². The summed E-state index contributed by atoms with van der Waals surface area (Å²) in [6, 6.07) is 1.68. The van der Waals surface area contributed by atoms with Crippen LogP contribution in [0, 0.1) is 5.92 Å². The molecule has 2 amide bonds. The number of piperidine rings is 1. The van der Waals surface area contributed by atoms with Gasteiger partial charge in [-0.25, -0.2) is 8.42 Å². The van der Waals surface area contributed by atoms with Gasteiger partial charge in [0.25, 0.3) is 5.91 Å². The predicted octanol–water partition coefficient (Wildman–Crippen LogP) is 2.49. The van der Waals surface area contributed by atoms with E-state index < -0.39 is 10.0 Å². The molecule has 31 heavy (non-hydrogen) atoms. The molecule has 0 aromatic carbocycles. The minimum absolute atomic E-state index is 0.0297. The van der Waals surface area contributed by atoms with Gasteiger partial charge in [-0.05, 0) is 44.6 Å². The lowest BCUT2D eigenvalue weighted by molar-refractivity contribution is -0.126. The average molecular weight is 451 g/mol. The number of carbonyl (C=O) groups is 2. The Labute approximate surface area is 184 Å². The summed E-state index contributed by atoms with van der Waals surface area (Å²) in [5.41, 5.74) is 0.313. The predicted molar refractivity (Wildman–Crippen MR) is 117 cm³/mol. The fraction of sp³-hybridized carbons (Fsp3) is 0.727. The Balaban J connectivity index is 1.41. The van der Waals surface area contributed by atoms with E-state index in [1.54, 1.807) is 4.90 Å². The molecule has 1 aliphatic carbocycles. The number of H-pyrrole nitrogens is 1. The molecule has 1 unspecified atom stereocenters. The molecule has 4 rings (SSSR count). The van der Waals surface area contributed by atoms with Crippen molar-refractivity contribution in [3.63, 3.8) is 0 Å². The minimum Gasteiger partial charge on any atom is -0.356 e. The number of hydrogen-bond donors (Lipinski definition) is 2. The molecule has 0 bridgehead atoms. The van der Waals surface area contributed by atoms with Gasteiger partial charge in [0.1, 0.15) is 10.6 Å². The molecule has 1 aromatic heterocycles. The molecule has 0 spiro atoms. The number of nitrogens with zero attached hydrogens (tertiary/aromatic N) is 2. The van der Waals surface area contributed by atoms with Crippen molar-refractivity contribution in [1.82, 2.24) is 19.5 Å². The third-order valence-electron chi connectivity index (χ3n) is 6.87. The van der Waals surface area contributed by atoms with Gasteiger partial charge in [0.15, 0.2) is 0 Å². The van der Waals surface area contributed by atoms with Crippen molar-refractivity contribution in [3.05, 3.63) is 18.0 Å². The second-order valence-corrected chi connectivity index (χ2v) is 11.1. The Kier molecular flexibility index (Phi) is 7.01. The first-order valence-corrected chi connectivity index (χ1v) is 13.2. The van der Waals surface area contributed by atoms with Gasteiger partial charge in [-0.1, -0.05) is 25.7 Å². The molecular formula is C22H34N4O4S. The summed E-state index contributed by atoms with van der Waals surface area (Å²) >= 11 is 0. The maximum absolute atomic E-state index is 13.2. The summed E-state index contributed by atoms with van der Waals surface area (Å²) in [7, 11) is -3.75. The number of likely N-dealkylation sites (tertiary alicyclic amines) is 1. The maximum atomic E-state index is 13.2. The first-order chi connectivity index (χ1) is 14.9. The first kappa shape index (κ1) is 22.3. The lowest BCUT2D eigenvalue weighted by Crippen LogP contribution is -2.47. The third-order valence-corrected chi connectivity index (χ3v) is 8.72. The lowest BCUT2D eigenvalue weighted by atomic mass is 9.98. The van der Waals surface area contributed by atoms with E-state index in [-0.39, 0.29) is 35.2 Å². The van der Waals surface area contributed by atoms with Crippen molar-refractivity contribution in [2.24, 2.45) is 5.92 Å². The molecule has 0 radical (unpaired) electrons. The molecule has 2 aliphatic heterocycles. The van der Waals surface area contributed by atoms with Crippen molar-refractivity contribution in [2.45, 2.75) is 75.1 Å². The van der Waals surface area contributed by atoms with Gasteiger partial charge in [0.05, 0.1) is 5.92 Å². The van der Waals surface area contributed by atoms with Gasteiger partial charge in [-0.15, -0.1) is 0 Å². The van der Waals surface area contributed by atoms with E-state index in [9.17, 15) is 18.0 Å². The van der Waals surface area contributed by atoms with Crippen LogP contribution in [0.5, 0.6) is 0 Å². The molecule has 3 heterocycles. The van der Waals surface area contributed by atoms with E-state index in [2.05, 4.69) is 10.3 Å². The molecule has 172 valence electrons. The van der Waals surface area contributed by atoms with E-state index in [1.165, 1.54) is 16.6 Å². The van der Waals surface area contributed by atoms with Crippen LogP contribution < -0.4 is 5.32 Å². The molecule has 2 saturated heterocycles. The Morgan fingerprint density at radius 1 is 0.935 bits per heavy atom. The third kappa shape index (κ3) is 5.14. The Morgan fingerprint density at radius 3 is 2.35 bits per heavy atom. The van der Waals surface area contributed by atoms with Crippen LogP contribution in [0.25, 0.3) is 0 Å². The van der Waals surface area contributed by atoms with Crippen LogP contribution in [-0.2, 0) is 14.8 Å². The van der Waals surface area contributed by atoms with Crippen LogP contribution in [-0.4, -0.2) is 66.6 Å². The molecule has 2 N–H and O–H groups in total. The minimum atomic E-state index is -3.75. The number of carbonyl (C=O) groups excluding carboxylic acids is 2. The Bertz CT molecular complexity index is 883. The number of sulfonamides is 1. The Morgan fingerprint density at radius 2 is 1.65 bits per heavy atom. The molecule has 1 atom stereocenters. The number of aromatic nitrogens is 1. The van der Waals surface area contributed by atoms with E-state index >= 15 is 0 Å².